The molecule has 8 heteroatoms. The molecule has 0 heterocycles. The Morgan fingerprint density at radius 2 is 1.62 bits per heavy atom. The van der Waals surface area contributed by atoms with E-state index >= 15 is 0 Å². The summed E-state index contributed by atoms with van der Waals surface area (Å²) in [7, 11) is -4.11. The van der Waals surface area contributed by atoms with E-state index in [4.69, 9.17) is 9.79 Å². The van der Waals surface area contributed by atoms with Crippen molar-refractivity contribution >= 4 is 56.7 Å². The summed E-state index contributed by atoms with van der Waals surface area (Å²) in [6, 6.07) is 0. The summed E-state index contributed by atoms with van der Waals surface area (Å²) >= 11 is 0.388. The van der Waals surface area contributed by atoms with Gasteiger partial charge in [-0.05, 0) is 0 Å². The van der Waals surface area contributed by atoms with Gasteiger partial charge in [0, 0.05) is 25.8 Å². The second-order valence-electron chi connectivity index (χ2n) is 0.582. The number of phosphoric acid groups is 1. The largest absolute Gasteiger partial charge is 0 e. The third-order valence-corrected chi connectivity index (χ3v) is 2.11. The van der Waals surface area contributed by atoms with Gasteiger partial charge < -0.3 is 0 Å². The molecule has 0 radical (unpaired) electrons. The third kappa shape index (κ3) is 16.2. The van der Waals surface area contributed by atoms with Crippen LogP contribution in [0.15, 0.2) is 0 Å². The Hall–Kier alpha value is 3.43. The van der Waals surface area contributed by atoms with Crippen LogP contribution in [0.4, 0.5) is 0 Å². The Kier molecular flexibility index (Phi) is 18.7. The molecular weight excluding hydrogens is 502 g/mol. The molecule has 0 spiro atoms. The average molecular weight is 506 g/mol. The van der Waals surface area contributed by atoms with Crippen LogP contribution in [0.1, 0.15) is 0 Å². The van der Waals surface area contributed by atoms with Crippen LogP contribution in [0.2, 0.25) is 0 Å². The molecule has 0 atom stereocenters. The summed E-state index contributed by atoms with van der Waals surface area (Å²) in [6.45, 7) is 0. The van der Waals surface area contributed by atoms with Crippen molar-refractivity contribution in [1.82, 2.24) is 0 Å². The predicted molar refractivity (Wildman–Crippen MR) is 21.7 cm³/mol. The van der Waals surface area contributed by atoms with E-state index in [1.807, 2.05) is 0 Å². The van der Waals surface area contributed by atoms with Crippen LogP contribution in [-0.2, 0) is 58.2 Å². The summed E-state index contributed by atoms with van der Waals surface area (Å²) in [4.78, 5) is 15.5. The van der Waals surface area contributed by atoms with Gasteiger partial charge in [0.2, 0.25) is 0 Å². The minimum atomic E-state index is -4.11. The third-order valence-electron chi connectivity index (χ3n) is 0.119. The molecule has 43 valence electrons. The van der Waals surface area contributed by atoms with E-state index in [0.29, 0.717) is 25.2 Å². The standard InChI is InChI=1S/Ba.Hf.H3O4P.Zr.2H/c;;1-5(2,3)4;;;/h;;(H3,1,2,3,4);;;/q;;;+1;;/p-1. The maximum absolute atomic E-state index is 9.49. The fourth-order valence-corrected chi connectivity index (χ4v) is 0. The zero-order chi connectivity index (χ0) is 5.21. The van der Waals surface area contributed by atoms with E-state index < -0.39 is 7.82 Å². The van der Waals surface area contributed by atoms with E-state index in [1.54, 1.807) is 0 Å². The van der Waals surface area contributed by atoms with Crippen LogP contribution < -0.4 is 0 Å². The predicted octanol–water partition coefficient (Wildman–Crippen LogP) is -1.36. The van der Waals surface area contributed by atoms with Crippen molar-refractivity contribution in [3.63, 3.8) is 0 Å². The number of hydrogen-bond donors (Lipinski definition) is 2. The van der Waals surface area contributed by atoms with Crippen molar-refractivity contribution in [2.24, 2.45) is 0 Å². The molecule has 0 aliphatic carbocycles. The summed E-state index contributed by atoms with van der Waals surface area (Å²) < 4.78 is 13.2. The monoisotopic (exact) mass is 507 g/mol. The van der Waals surface area contributed by atoms with Crippen LogP contribution in [0, 0.1) is 0 Å². The van der Waals surface area contributed by atoms with Gasteiger partial charge in [-0.3, -0.25) is 0 Å². The van der Waals surface area contributed by atoms with Gasteiger partial charge in [-0.2, -0.15) is 0 Å². The molecule has 0 aromatic rings. The summed E-state index contributed by atoms with van der Waals surface area (Å²) in [5.74, 6) is 0. The van der Waals surface area contributed by atoms with Crippen LogP contribution in [0.5, 0.6) is 0 Å². The number of hydrogen-bond acceptors (Lipinski definition) is 2. The Labute approximate surface area is 122 Å². The van der Waals surface area contributed by atoms with E-state index in [0.717, 1.165) is 0 Å². The molecule has 0 aliphatic heterocycles. The molecule has 0 rings (SSSR count). The topological polar surface area (TPSA) is 66.8 Å². The molecule has 0 bridgehead atoms. The van der Waals surface area contributed by atoms with Crippen molar-refractivity contribution in [1.29, 1.82) is 0 Å². The minimum Gasteiger partial charge on any atom is 0 e. The first-order chi connectivity index (χ1) is 2.56. The fourth-order valence-electron chi connectivity index (χ4n) is 0. The second-order valence-corrected chi connectivity index (χ2v) is 3.09. The van der Waals surface area contributed by atoms with Crippen molar-refractivity contribution in [2.45, 2.75) is 0 Å². The second kappa shape index (κ2) is 8.53. The van der Waals surface area contributed by atoms with E-state index in [1.165, 1.54) is 0 Å². The van der Waals surface area contributed by atoms with Crippen LogP contribution in [-0.4, -0.2) is 58.7 Å². The Bertz CT molecular complexity index is 80.1. The molecule has 4 nitrogen and oxygen atoms in total. The van der Waals surface area contributed by atoms with Gasteiger partial charge in [0.05, 0.1) is 0 Å². The molecule has 2 N–H and O–H groups in total. The quantitative estimate of drug-likeness (QED) is 0.341. The van der Waals surface area contributed by atoms with Gasteiger partial charge in [-0.15, -0.1) is 0 Å². The first-order valence-corrected chi connectivity index (χ1v) is 3.50. The SMILES string of the molecule is O=P(O)(O)[O][Zr].[BaH2].[Hf]. The van der Waals surface area contributed by atoms with E-state index in [9.17, 15) is 4.57 Å². The molecule has 0 aliphatic rings. The molecule has 8 heavy (non-hydrogen) atoms. The van der Waals surface area contributed by atoms with Crippen molar-refractivity contribution in [2.75, 3.05) is 0 Å². The van der Waals surface area contributed by atoms with Crippen LogP contribution >= 0.6 is 7.82 Å². The normalized spacial score (nSPS) is 8.62. The maximum atomic E-state index is 9.49. The van der Waals surface area contributed by atoms with Gasteiger partial charge in [-0.25, -0.2) is 0 Å². The van der Waals surface area contributed by atoms with Crippen LogP contribution in [0.3, 0.4) is 0 Å². The van der Waals surface area contributed by atoms with Crippen molar-refractivity contribution in [3.05, 3.63) is 0 Å². The van der Waals surface area contributed by atoms with E-state index in [-0.39, 0.29) is 74.7 Å². The molecule has 0 unspecified atom stereocenters. The Morgan fingerprint density at radius 3 is 1.62 bits per heavy atom. The van der Waals surface area contributed by atoms with Gasteiger partial charge in [0.15, 0.2) is 0 Å². The summed E-state index contributed by atoms with van der Waals surface area (Å²) in [6.07, 6.45) is 0. The minimum absolute atomic E-state index is 0. The molecule has 0 aromatic heterocycles. The first kappa shape index (κ1) is 17.5. The molecule has 0 aromatic carbocycles. The Morgan fingerprint density at radius 1 is 1.50 bits per heavy atom. The zero-order valence-corrected chi connectivity index (χ0v) is 10.1. The van der Waals surface area contributed by atoms with Crippen LogP contribution in [0.25, 0.3) is 0 Å². The average Bonchev–Trinajstić information content (AvgIpc) is 1.35. The molecule has 0 amide bonds. The van der Waals surface area contributed by atoms with Gasteiger partial charge >= 0.3 is 98.8 Å². The molecule has 0 saturated heterocycles. The molecule has 0 saturated carbocycles. The van der Waals surface area contributed by atoms with Crippen molar-refractivity contribution < 1.29 is 68.0 Å². The molecule has 0 fully saturated rings. The first-order valence-electron chi connectivity index (χ1n) is 0.969. The smallest absolute Gasteiger partial charge is 0 e. The Balaban J connectivity index is -0.000000125. The maximum Gasteiger partial charge on any atom is 0 e. The van der Waals surface area contributed by atoms with Gasteiger partial charge in [0.25, 0.3) is 0 Å². The summed E-state index contributed by atoms with van der Waals surface area (Å²) in [5.41, 5.74) is 0. The summed E-state index contributed by atoms with van der Waals surface area (Å²) in [5, 5.41) is 0. The van der Waals surface area contributed by atoms with Crippen molar-refractivity contribution in [3.8, 4) is 0 Å². The van der Waals surface area contributed by atoms with Gasteiger partial charge in [-0.1, -0.05) is 0 Å². The fraction of sp³-hybridized carbons (Fsp3) is 0. The van der Waals surface area contributed by atoms with Gasteiger partial charge in [0.1, 0.15) is 0 Å². The molecular formula is H4BaHfO4PZr. The zero-order valence-electron chi connectivity index (χ0n) is 3.16. The van der Waals surface area contributed by atoms with E-state index in [2.05, 4.69) is 2.60 Å². The number of rotatable bonds is 1.